The number of amides is 2. The van der Waals surface area contributed by atoms with Crippen LogP contribution < -0.4 is 22.1 Å². The number of unbranched alkanes of at least 4 members (excludes halogenated alkanes) is 1. The molecule has 7 nitrogen and oxygen atoms in total. The van der Waals surface area contributed by atoms with Crippen molar-refractivity contribution in [3.63, 3.8) is 0 Å². The Kier molecular flexibility index (Phi) is 7.97. The third-order valence-corrected chi connectivity index (χ3v) is 4.44. The van der Waals surface area contributed by atoms with Crippen LogP contribution in [0.15, 0.2) is 12.3 Å². The lowest BCUT2D eigenvalue weighted by Gasteiger charge is -2.19. The van der Waals surface area contributed by atoms with Crippen LogP contribution in [0.25, 0.3) is 0 Å². The maximum atomic E-state index is 11.9. The minimum atomic E-state index is -0.338. The zero-order valence-corrected chi connectivity index (χ0v) is 13.4. The molecule has 0 aromatic heterocycles. The van der Waals surface area contributed by atoms with Crippen LogP contribution in [0.1, 0.15) is 25.7 Å². The van der Waals surface area contributed by atoms with Crippen LogP contribution in [0.2, 0.25) is 0 Å². The highest BCUT2D eigenvalue weighted by atomic mass is 32.2. The second-order valence-corrected chi connectivity index (χ2v) is 6.36. The lowest BCUT2D eigenvalue weighted by atomic mass is 10.1. The van der Waals surface area contributed by atoms with Crippen molar-refractivity contribution < 1.29 is 14.4 Å². The standard InChI is InChI=1S/C14H24N4O3S/c1-9(16)11(4-2-3-5-15)18-12(19)7-17-14(21)10-6-13(20)22-8-10/h10-11H,1-8,15-16H2,(H,17,21)(H,18,19)/t10-,11+/m1/s1. The Hall–Kier alpha value is -1.54. The van der Waals surface area contributed by atoms with Crippen LogP contribution in [-0.4, -0.2) is 41.8 Å². The Balaban J connectivity index is 2.32. The van der Waals surface area contributed by atoms with E-state index in [2.05, 4.69) is 17.2 Å². The van der Waals surface area contributed by atoms with Crippen molar-refractivity contribution in [2.24, 2.45) is 17.4 Å². The fourth-order valence-electron chi connectivity index (χ4n) is 2.08. The second-order valence-electron chi connectivity index (χ2n) is 5.28. The molecule has 0 aliphatic carbocycles. The van der Waals surface area contributed by atoms with E-state index < -0.39 is 0 Å². The van der Waals surface area contributed by atoms with Crippen LogP contribution in [0.5, 0.6) is 0 Å². The first kappa shape index (κ1) is 18.5. The molecule has 1 heterocycles. The molecular formula is C14H24N4O3S. The molecule has 22 heavy (non-hydrogen) atoms. The van der Waals surface area contributed by atoms with Gasteiger partial charge in [0.25, 0.3) is 0 Å². The molecule has 0 saturated carbocycles. The van der Waals surface area contributed by atoms with Crippen molar-refractivity contribution in [1.82, 2.24) is 10.6 Å². The normalized spacial score (nSPS) is 18.8. The fourth-order valence-corrected chi connectivity index (χ4v) is 3.06. The molecule has 124 valence electrons. The third-order valence-electron chi connectivity index (χ3n) is 3.38. The monoisotopic (exact) mass is 328 g/mol. The number of rotatable bonds is 9. The number of nitrogens with two attached hydrogens (primary N) is 2. The Morgan fingerprint density at radius 3 is 2.68 bits per heavy atom. The van der Waals surface area contributed by atoms with Gasteiger partial charge in [-0.05, 0) is 25.8 Å². The highest BCUT2D eigenvalue weighted by Gasteiger charge is 2.29. The lowest BCUT2D eigenvalue weighted by Crippen LogP contribution is -2.45. The molecule has 0 aromatic rings. The number of carbonyl (C=O) groups is 3. The lowest BCUT2D eigenvalue weighted by molar-refractivity contribution is -0.129. The van der Waals surface area contributed by atoms with E-state index in [0.717, 1.165) is 24.6 Å². The average molecular weight is 328 g/mol. The molecule has 8 heteroatoms. The van der Waals surface area contributed by atoms with Gasteiger partial charge in [0, 0.05) is 17.9 Å². The molecule has 1 aliphatic heterocycles. The van der Waals surface area contributed by atoms with E-state index in [-0.39, 0.29) is 41.9 Å². The van der Waals surface area contributed by atoms with Gasteiger partial charge in [-0.25, -0.2) is 0 Å². The summed E-state index contributed by atoms with van der Waals surface area (Å²) >= 11 is 1.16. The summed E-state index contributed by atoms with van der Waals surface area (Å²) in [5, 5.41) is 5.31. The molecule has 1 saturated heterocycles. The molecule has 2 amide bonds. The fraction of sp³-hybridized carbons (Fsp3) is 0.643. The van der Waals surface area contributed by atoms with Crippen molar-refractivity contribution >= 4 is 28.7 Å². The number of nitrogens with one attached hydrogen (secondary N) is 2. The van der Waals surface area contributed by atoms with E-state index in [4.69, 9.17) is 11.5 Å². The van der Waals surface area contributed by atoms with Crippen molar-refractivity contribution in [2.45, 2.75) is 31.7 Å². The smallest absolute Gasteiger partial charge is 0.239 e. The van der Waals surface area contributed by atoms with Crippen molar-refractivity contribution in [2.75, 3.05) is 18.8 Å². The van der Waals surface area contributed by atoms with E-state index in [9.17, 15) is 14.4 Å². The quantitative estimate of drug-likeness (QED) is 0.421. The minimum absolute atomic E-state index is 0.0176. The molecule has 1 aliphatic rings. The Bertz CT molecular complexity index is 442. The summed E-state index contributed by atoms with van der Waals surface area (Å²) in [4.78, 5) is 34.8. The molecule has 2 atom stereocenters. The summed E-state index contributed by atoms with van der Waals surface area (Å²) in [5.41, 5.74) is 11.5. The largest absolute Gasteiger partial charge is 0.401 e. The van der Waals surface area contributed by atoms with Gasteiger partial charge in [0.1, 0.15) is 0 Å². The molecule has 1 fully saturated rings. The summed E-state index contributed by atoms with van der Waals surface area (Å²) in [6, 6.07) is -0.320. The van der Waals surface area contributed by atoms with Gasteiger partial charge in [0.05, 0.1) is 18.5 Å². The average Bonchev–Trinajstić information content (AvgIpc) is 2.90. The maximum absolute atomic E-state index is 11.9. The van der Waals surface area contributed by atoms with E-state index in [1.165, 1.54) is 0 Å². The Labute approximate surface area is 134 Å². The zero-order chi connectivity index (χ0) is 16.5. The van der Waals surface area contributed by atoms with Gasteiger partial charge in [-0.3, -0.25) is 14.4 Å². The van der Waals surface area contributed by atoms with Crippen molar-refractivity contribution in [1.29, 1.82) is 0 Å². The van der Waals surface area contributed by atoms with E-state index in [1.54, 1.807) is 0 Å². The highest BCUT2D eigenvalue weighted by molar-refractivity contribution is 8.14. The Morgan fingerprint density at radius 1 is 1.41 bits per heavy atom. The van der Waals surface area contributed by atoms with E-state index in [0.29, 0.717) is 24.4 Å². The van der Waals surface area contributed by atoms with Crippen molar-refractivity contribution in [3.8, 4) is 0 Å². The SMILES string of the molecule is C=C(N)[C@H](CCCCN)NC(=O)CNC(=O)[C@H]1CSC(=O)C1. The summed E-state index contributed by atoms with van der Waals surface area (Å²) < 4.78 is 0. The molecule has 0 radical (unpaired) electrons. The molecule has 0 unspecified atom stereocenters. The summed E-state index contributed by atoms with van der Waals surface area (Å²) in [7, 11) is 0. The number of hydrogen-bond acceptors (Lipinski definition) is 6. The van der Waals surface area contributed by atoms with Gasteiger partial charge in [0.2, 0.25) is 11.8 Å². The van der Waals surface area contributed by atoms with Crippen molar-refractivity contribution in [3.05, 3.63) is 12.3 Å². The number of thioether (sulfide) groups is 1. The second kappa shape index (κ2) is 9.47. The summed E-state index contributed by atoms with van der Waals surface area (Å²) in [6.07, 6.45) is 2.59. The van der Waals surface area contributed by atoms with Crippen LogP contribution in [-0.2, 0) is 14.4 Å². The molecule has 0 spiro atoms. The third kappa shape index (κ3) is 6.48. The molecule has 1 rings (SSSR count). The first-order chi connectivity index (χ1) is 10.4. The topological polar surface area (TPSA) is 127 Å². The van der Waals surface area contributed by atoms with Gasteiger partial charge in [-0.1, -0.05) is 18.3 Å². The van der Waals surface area contributed by atoms with Gasteiger partial charge in [-0.15, -0.1) is 0 Å². The number of hydrogen-bond donors (Lipinski definition) is 4. The van der Waals surface area contributed by atoms with Gasteiger partial charge in [-0.2, -0.15) is 0 Å². The minimum Gasteiger partial charge on any atom is -0.401 e. The first-order valence-electron chi connectivity index (χ1n) is 7.31. The van der Waals surface area contributed by atoms with E-state index >= 15 is 0 Å². The molecular weight excluding hydrogens is 304 g/mol. The predicted molar refractivity (Wildman–Crippen MR) is 86.7 cm³/mol. The van der Waals surface area contributed by atoms with Gasteiger partial charge in [0.15, 0.2) is 5.12 Å². The highest BCUT2D eigenvalue weighted by Crippen LogP contribution is 2.25. The summed E-state index contributed by atoms with van der Waals surface area (Å²) in [5.74, 6) is -0.447. The van der Waals surface area contributed by atoms with Gasteiger partial charge >= 0.3 is 0 Å². The Morgan fingerprint density at radius 2 is 2.14 bits per heavy atom. The first-order valence-corrected chi connectivity index (χ1v) is 8.29. The maximum Gasteiger partial charge on any atom is 0.239 e. The predicted octanol–water partition coefficient (Wildman–Crippen LogP) is -0.531. The zero-order valence-electron chi connectivity index (χ0n) is 12.6. The molecule has 0 bridgehead atoms. The van der Waals surface area contributed by atoms with E-state index in [1.807, 2.05) is 0 Å². The number of carbonyl (C=O) groups excluding carboxylic acids is 3. The summed E-state index contributed by atoms with van der Waals surface area (Å²) in [6.45, 7) is 4.12. The molecule has 0 aromatic carbocycles. The van der Waals surface area contributed by atoms with Gasteiger partial charge < -0.3 is 22.1 Å². The molecule has 6 N–H and O–H groups in total. The van der Waals surface area contributed by atoms with Crippen LogP contribution in [0.3, 0.4) is 0 Å². The van der Waals surface area contributed by atoms with Crippen LogP contribution >= 0.6 is 11.8 Å². The van der Waals surface area contributed by atoms with Crippen LogP contribution in [0.4, 0.5) is 0 Å². The van der Waals surface area contributed by atoms with Crippen LogP contribution in [0, 0.1) is 5.92 Å².